The Hall–Kier alpha value is -18.5. The van der Waals surface area contributed by atoms with Crippen molar-refractivity contribution in [1.82, 2.24) is 9.13 Å². The molecule has 8 nitrogen and oxygen atoms in total. The van der Waals surface area contributed by atoms with Crippen LogP contribution in [0.5, 0.6) is 0 Å². The molecular formula is C139H91N5O3. The van der Waals surface area contributed by atoms with Crippen molar-refractivity contribution in [3.05, 3.63) is 508 Å². The molecule has 4 aliphatic rings. The number of rotatable bonds is 10. The van der Waals surface area contributed by atoms with E-state index in [1.165, 1.54) is 122 Å². The number of hydrogen-bond donors (Lipinski definition) is 0. The Kier molecular flexibility index (Phi) is 16.7. The molecule has 690 valence electrons. The average Bonchev–Trinajstić information content (AvgIpc) is 1.49. The first-order valence-corrected chi connectivity index (χ1v) is 51.2. The smallest absolute Gasteiger partial charge is 0.159 e. The third-order valence-corrected chi connectivity index (χ3v) is 33.7. The molecular weight excluding hydrogens is 1790 g/mol. The number of benzene rings is 23. The third kappa shape index (κ3) is 10.8. The fourth-order valence-corrected chi connectivity index (χ4v) is 27.5. The molecule has 28 aromatic rings. The minimum Gasteiger partial charge on any atom is -0.454 e. The summed E-state index contributed by atoms with van der Waals surface area (Å²) in [6, 6.07) is 162. The van der Waals surface area contributed by atoms with Crippen molar-refractivity contribution in [2.24, 2.45) is 0 Å². The predicted octanol–water partition coefficient (Wildman–Crippen LogP) is 37.8. The Balaban J connectivity index is 0.686. The van der Waals surface area contributed by atoms with E-state index < -0.39 is 10.8 Å². The first-order valence-electron chi connectivity index (χ1n) is 51.2. The summed E-state index contributed by atoms with van der Waals surface area (Å²) < 4.78 is 27.4. The Morgan fingerprint density at radius 1 is 0.190 bits per heavy atom. The Morgan fingerprint density at radius 2 is 0.551 bits per heavy atom. The van der Waals surface area contributed by atoms with Gasteiger partial charge in [0.25, 0.3) is 0 Å². The van der Waals surface area contributed by atoms with Gasteiger partial charge in [0.1, 0.15) is 16.7 Å². The van der Waals surface area contributed by atoms with E-state index in [4.69, 9.17) is 13.3 Å². The predicted molar refractivity (Wildman–Crippen MR) is 611 cm³/mol. The maximum absolute atomic E-state index is 7.48. The third-order valence-electron chi connectivity index (χ3n) is 33.7. The average molecular weight is 1880 g/mol. The minimum absolute atomic E-state index is 0.824. The van der Waals surface area contributed by atoms with Crippen molar-refractivity contribution in [2.75, 3.05) is 14.7 Å². The molecule has 0 N–H and O–H groups in total. The normalized spacial score (nSPS) is 14.0. The van der Waals surface area contributed by atoms with Crippen LogP contribution >= 0.6 is 0 Å². The van der Waals surface area contributed by atoms with E-state index in [2.05, 4.69) is 497 Å². The van der Waals surface area contributed by atoms with Crippen LogP contribution in [0, 0.1) is 48.5 Å². The van der Waals surface area contributed by atoms with Crippen LogP contribution in [0.3, 0.4) is 0 Å². The lowest BCUT2D eigenvalue weighted by Gasteiger charge is -2.40. The largest absolute Gasteiger partial charge is 0.454 e. The maximum atomic E-state index is 7.48. The summed E-state index contributed by atoms with van der Waals surface area (Å²) in [6.07, 6.45) is 0. The minimum atomic E-state index is -1.05. The number of hydrogen-bond acceptors (Lipinski definition) is 6. The van der Waals surface area contributed by atoms with Crippen LogP contribution in [0.25, 0.3) is 197 Å². The number of para-hydroxylation sites is 11. The molecule has 2 aliphatic heterocycles. The Labute approximate surface area is 846 Å². The van der Waals surface area contributed by atoms with Crippen LogP contribution in [0.1, 0.15) is 83.5 Å². The van der Waals surface area contributed by atoms with Crippen LogP contribution in [0.2, 0.25) is 0 Å². The highest BCUT2D eigenvalue weighted by atomic mass is 16.3. The molecule has 2 spiro atoms. The van der Waals surface area contributed by atoms with Gasteiger partial charge < -0.3 is 37.1 Å². The summed E-state index contributed by atoms with van der Waals surface area (Å²) >= 11 is 0. The van der Waals surface area contributed by atoms with Crippen molar-refractivity contribution in [3.63, 3.8) is 0 Å². The molecule has 8 heteroatoms. The van der Waals surface area contributed by atoms with Crippen LogP contribution in [0.4, 0.5) is 51.2 Å². The van der Waals surface area contributed by atoms with E-state index >= 15 is 0 Å². The Morgan fingerprint density at radius 3 is 1.06 bits per heavy atom. The molecule has 147 heavy (non-hydrogen) atoms. The van der Waals surface area contributed by atoms with Gasteiger partial charge in [0, 0.05) is 87.1 Å². The second-order valence-corrected chi connectivity index (χ2v) is 41.5. The van der Waals surface area contributed by atoms with Crippen molar-refractivity contribution in [2.45, 2.75) is 59.3 Å². The van der Waals surface area contributed by atoms with Gasteiger partial charge in [-0.1, -0.05) is 338 Å². The fourth-order valence-electron chi connectivity index (χ4n) is 27.5. The molecule has 0 saturated carbocycles. The van der Waals surface area contributed by atoms with E-state index in [0.717, 1.165) is 210 Å². The number of furan rings is 3. The van der Waals surface area contributed by atoms with E-state index in [1.807, 2.05) is 0 Å². The van der Waals surface area contributed by atoms with E-state index in [-0.39, 0.29) is 0 Å². The van der Waals surface area contributed by atoms with E-state index in [0.29, 0.717) is 0 Å². The first-order chi connectivity index (χ1) is 72.3. The lowest BCUT2D eigenvalue weighted by atomic mass is 9.65. The fraction of sp³-hybridized carbons (Fsp3) is 0.0647. The van der Waals surface area contributed by atoms with Crippen molar-refractivity contribution in [3.8, 4) is 44.8 Å². The monoisotopic (exact) mass is 1880 g/mol. The molecule has 23 aromatic carbocycles. The summed E-state index contributed by atoms with van der Waals surface area (Å²) in [5.74, 6) is 0. The summed E-state index contributed by atoms with van der Waals surface area (Å²) in [7, 11) is 0. The maximum Gasteiger partial charge on any atom is 0.159 e. The van der Waals surface area contributed by atoms with Gasteiger partial charge in [-0.15, -0.1) is 0 Å². The first kappa shape index (κ1) is 82.1. The summed E-state index contributed by atoms with van der Waals surface area (Å²) in [5, 5.41) is 20.4. The number of anilines is 9. The highest BCUT2D eigenvalue weighted by molar-refractivity contribution is 6.26. The van der Waals surface area contributed by atoms with Gasteiger partial charge in [0.2, 0.25) is 0 Å². The molecule has 0 bridgehead atoms. The molecule has 7 heterocycles. The van der Waals surface area contributed by atoms with Crippen LogP contribution in [-0.4, -0.2) is 9.13 Å². The Bertz CT molecular complexity index is 10500. The lowest BCUT2D eigenvalue weighted by molar-refractivity contribution is 0.665. The quantitative estimate of drug-likeness (QED) is 0.136. The van der Waals surface area contributed by atoms with Crippen LogP contribution in [-0.2, 0) is 10.8 Å². The highest BCUT2D eigenvalue weighted by Gasteiger charge is 2.56. The van der Waals surface area contributed by atoms with Gasteiger partial charge in [-0.05, 0) is 279 Å². The number of fused-ring (bicyclic) bond motifs is 41. The van der Waals surface area contributed by atoms with Crippen LogP contribution < -0.4 is 14.7 Å². The summed E-state index contributed by atoms with van der Waals surface area (Å²) in [4.78, 5) is 7.58. The molecule has 5 aromatic heterocycles. The standard InChI is InChI=1S/C139H91N5O3/c1-78-56-64-88(65-57-78)140(120-53-25-43-102-99-40-20-28-81(4)132(99)145-135(102)120)123-75-113-127(94-36-12-10-33-91(94)123)128-95-37-13-11-34-92(95)124(141(89-66-58-79(2)59-67-89)121-54-26-44-103-100-41-21-29-82(5)133(100)146-136(103)121)76-114(128)139(113)108-47-16-19-52-119(108)144-117-71-63-87(74-106(117)98-39-24-49-111(139)131(98)144)86-61-68-96-105(73-86)125(142(115-70-60-80(3)72-84(115)7)122-55-27-45-104-101-42-22-30-83(6)134(101)147-137(104)122)77-112-129(96)126-90-32-9-8-31-85(90)62-69-109(126)138(112)107-46-15-18-51-118(107)143-116-50-17-14-35-93(116)97-38-23-48-110(138)130(97)143/h8-77H,1-7H3. The van der Waals surface area contributed by atoms with Crippen molar-refractivity contribution >= 4 is 204 Å². The highest BCUT2D eigenvalue weighted by Crippen LogP contribution is 2.70. The van der Waals surface area contributed by atoms with Crippen molar-refractivity contribution < 1.29 is 13.3 Å². The topological polar surface area (TPSA) is 59.0 Å². The second kappa shape index (κ2) is 29.8. The van der Waals surface area contributed by atoms with Gasteiger partial charge in [0.05, 0.1) is 78.4 Å². The summed E-state index contributed by atoms with van der Waals surface area (Å²) in [5.41, 5.74) is 44.0. The van der Waals surface area contributed by atoms with Gasteiger partial charge in [0.15, 0.2) is 16.7 Å². The molecule has 0 saturated heterocycles. The van der Waals surface area contributed by atoms with Crippen LogP contribution in [0.15, 0.2) is 438 Å². The SMILES string of the molecule is Cc1ccc(N(c2cc3c(c4ccccc24)-c2c(cc(N(c4ccc(C)cc4)c4cccc5c4oc4c(C)cccc45)c4ccccc24)C32c3ccccc3-n3c4ccc(-c5ccc6c7c(cc(N(c8ccc(C)cc8C)c8cccc9c8oc8c(C)cccc89)c6c5)C5(c6ccccc6-n6c8ccccc8c8cccc5c86)c5ccc6ccccc6c5-7)cc4c4cccc2c43)c2cccc3c2oc2c(C)cccc23)cc1. The van der Waals surface area contributed by atoms with E-state index in [9.17, 15) is 0 Å². The lowest BCUT2D eigenvalue weighted by Crippen LogP contribution is -2.34. The number of aryl methyl sites for hydroxylation is 7. The van der Waals surface area contributed by atoms with Gasteiger partial charge in [-0.2, -0.15) is 0 Å². The number of aromatic nitrogens is 2. The van der Waals surface area contributed by atoms with E-state index in [1.54, 1.807) is 0 Å². The van der Waals surface area contributed by atoms with Gasteiger partial charge >= 0.3 is 0 Å². The van der Waals surface area contributed by atoms with Crippen molar-refractivity contribution in [1.29, 1.82) is 0 Å². The number of nitrogens with zero attached hydrogens (tertiary/aromatic N) is 5. The molecule has 2 aliphatic carbocycles. The molecule has 1 atom stereocenters. The zero-order valence-corrected chi connectivity index (χ0v) is 81.9. The zero-order valence-electron chi connectivity index (χ0n) is 81.9. The molecule has 0 fully saturated rings. The molecule has 1 unspecified atom stereocenters. The molecule has 32 rings (SSSR count). The second-order valence-electron chi connectivity index (χ2n) is 41.5. The molecule has 0 radical (unpaired) electrons. The van der Waals surface area contributed by atoms with Gasteiger partial charge in [-0.3, -0.25) is 0 Å². The van der Waals surface area contributed by atoms with Gasteiger partial charge in [-0.25, -0.2) is 0 Å². The summed E-state index contributed by atoms with van der Waals surface area (Å²) in [6.45, 7) is 15.4. The zero-order chi connectivity index (χ0) is 97.1. The molecule has 0 amide bonds.